The van der Waals surface area contributed by atoms with Crippen LogP contribution in [0.1, 0.15) is 127 Å². The van der Waals surface area contributed by atoms with E-state index in [4.69, 9.17) is 4.74 Å². The van der Waals surface area contributed by atoms with E-state index in [2.05, 4.69) is 55.0 Å². The lowest BCUT2D eigenvalue weighted by atomic mass is 9.87. The number of Topliss-reactive ketones (excluding diaryl/α,β-unsaturated/α-hetero) is 1. The number of carbonyl (C=O) groups excluding carboxylic acids is 4. The molecule has 3 rings (SSSR count). The van der Waals surface area contributed by atoms with Gasteiger partial charge in [-0.15, -0.1) is 11.3 Å². The first-order chi connectivity index (χ1) is 23.7. The number of nitrogens with zero attached hydrogens (tertiary/aromatic N) is 3. The molecule has 1 aliphatic rings. The third kappa shape index (κ3) is 12.9. The number of amides is 2. The van der Waals surface area contributed by atoms with Gasteiger partial charge in [-0.05, 0) is 69.0 Å². The second kappa shape index (κ2) is 20.1. The molecule has 2 amide bonds. The Morgan fingerprint density at radius 2 is 1.70 bits per heavy atom. The van der Waals surface area contributed by atoms with E-state index >= 15 is 0 Å². The van der Waals surface area contributed by atoms with Crippen molar-refractivity contribution >= 4 is 34.9 Å². The standard InChI is InChI=1S/C40H62N4O5S/c1-26(2)18-19-31(23-36(46)34-17-13-14-20-43(34)8)40(48)44(9)35(28(5)6)24-37(49-29(7)45)39-42-33(25-50-39)38(47)41-32(21-27(3)4)22-30-15-11-10-12-16-30/h10-12,15-16,25-28,31-32,34-35,37H,13-14,17-24H2,1-9H3,(H,41,47)/t31-,32-,34-,35-,37-/m1/s1. The molecular weight excluding hydrogens is 649 g/mol. The molecule has 1 aliphatic heterocycles. The fourth-order valence-corrected chi connectivity index (χ4v) is 7.96. The van der Waals surface area contributed by atoms with Crippen molar-refractivity contribution in [1.29, 1.82) is 0 Å². The van der Waals surface area contributed by atoms with Gasteiger partial charge in [0.05, 0.1) is 6.04 Å². The van der Waals surface area contributed by atoms with E-state index in [0.29, 0.717) is 29.7 Å². The molecule has 1 N–H and O–H groups in total. The molecule has 2 heterocycles. The third-order valence-corrected chi connectivity index (χ3v) is 10.8. The molecule has 0 unspecified atom stereocenters. The van der Waals surface area contributed by atoms with Gasteiger partial charge in [0.1, 0.15) is 10.7 Å². The van der Waals surface area contributed by atoms with Gasteiger partial charge in [0.25, 0.3) is 5.91 Å². The molecule has 1 fully saturated rings. The summed E-state index contributed by atoms with van der Waals surface area (Å²) in [5.41, 5.74) is 1.44. The number of hydrogen-bond donors (Lipinski definition) is 1. The predicted octanol–water partition coefficient (Wildman–Crippen LogP) is 7.50. The molecule has 278 valence electrons. The van der Waals surface area contributed by atoms with Crippen LogP contribution in [0.4, 0.5) is 0 Å². The Morgan fingerprint density at radius 3 is 2.30 bits per heavy atom. The maximum Gasteiger partial charge on any atom is 0.303 e. The molecule has 1 aromatic carbocycles. The number of thiazole rings is 1. The number of piperidine rings is 1. The summed E-state index contributed by atoms with van der Waals surface area (Å²) in [4.78, 5) is 62.2. The van der Waals surface area contributed by atoms with E-state index in [9.17, 15) is 19.2 Å². The lowest BCUT2D eigenvalue weighted by molar-refractivity contribution is -0.149. The summed E-state index contributed by atoms with van der Waals surface area (Å²) in [6.45, 7) is 14.9. The van der Waals surface area contributed by atoms with Crippen molar-refractivity contribution in [3.8, 4) is 0 Å². The normalized spacial score (nSPS) is 17.7. The van der Waals surface area contributed by atoms with Crippen molar-refractivity contribution in [2.75, 3.05) is 20.6 Å². The molecule has 0 saturated carbocycles. The fourth-order valence-electron chi connectivity index (χ4n) is 7.12. The number of carbonyl (C=O) groups is 4. The Hall–Kier alpha value is -3.11. The van der Waals surface area contributed by atoms with Crippen molar-refractivity contribution in [3.05, 3.63) is 52.0 Å². The van der Waals surface area contributed by atoms with Crippen LogP contribution in [0.5, 0.6) is 0 Å². The van der Waals surface area contributed by atoms with E-state index < -0.39 is 18.0 Å². The molecule has 1 aromatic heterocycles. The molecule has 50 heavy (non-hydrogen) atoms. The van der Waals surface area contributed by atoms with Gasteiger partial charge in [-0.25, -0.2) is 4.98 Å². The van der Waals surface area contributed by atoms with Crippen LogP contribution in [0, 0.1) is 23.7 Å². The SMILES string of the molecule is CC(=O)O[C@H](C[C@H](C(C)C)N(C)C(=O)[C@H](CCC(C)C)CC(=O)[C@H]1CCCCN1C)c1nc(C(=O)N[C@@H](Cc2ccccc2)CC(C)C)cs1. The fraction of sp³-hybridized carbons (Fsp3) is 0.675. The summed E-state index contributed by atoms with van der Waals surface area (Å²) < 4.78 is 5.83. The number of likely N-dealkylation sites (N-methyl/N-ethyl adjacent to an activating group) is 1. The Kier molecular flexibility index (Phi) is 16.6. The number of ketones is 1. The molecular formula is C40H62N4O5S. The molecule has 2 aromatic rings. The first-order valence-electron chi connectivity index (χ1n) is 18.6. The van der Waals surface area contributed by atoms with Crippen LogP contribution >= 0.6 is 11.3 Å². The second-order valence-electron chi connectivity index (χ2n) is 15.5. The monoisotopic (exact) mass is 710 g/mol. The summed E-state index contributed by atoms with van der Waals surface area (Å²) in [5.74, 6) is -0.190. The smallest absolute Gasteiger partial charge is 0.303 e. The minimum atomic E-state index is -0.732. The molecule has 5 atom stereocenters. The van der Waals surface area contributed by atoms with Crippen molar-refractivity contribution in [2.45, 2.75) is 130 Å². The quantitative estimate of drug-likeness (QED) is 0.150. The Balaban J connectivity index is 1.79. The van der Waals surface area contributed by atoms with Crippen molar-refractivity contribution in [2.24, 2.45) is 23.7 Å². The van der Waals surface area contributed by atoms with E-state index in [0.717, 1.165) is 50.6 Å². The summed E-state index contributed by atoms with van der Waals surface area (Å²) in [7, 11) is 3.81. The summed E-state index contributed by atoms with van der Waals surface area (Å²) in [6.07, 6.45) is 5.84. The van der Waals surface area contributed by atoms with E-state index in [1.54, 1.807) is 17.3 Å². The first-order valence-corrected chi connectivity index (χ1v) is 19.5. The average Bonchev–Trinajstić information content (AvgIpc) is 3.55. The number of esters is 1. The minimum absolute atomic E-state index is 0.0328. The van der Waals surface area contributed by atoms with Crippen LogP contribution in [0.25, 0.3) is 0 Å². The largest absolute Gasteiger partial charge is 0.455 e. The molecule has 0 radical (unpaired) electrons. The number of hydrogen-bond acceptors (Lipinski definition) is 8. The molecule has 9 nitrogen and oxygen atoms in total. The molecule has 0 bridgehead atoms. The lowest BCUT2D eigenvalue weighted by Gasteiger charge is -2.36. The van der Waals surface area contributed by atoms with E-state index in [1.165, 1.54) is 18.3 Å². The van der Waals surface area contributed by atoms with E-state index in [1.807, 2.05) is 39.1 Å². The zero-order valence-electron chi connectivity index (χ0n) is 31.9. The maximum absolute atomic E-state index is 14.2. The molecule has 0 aliphatic carbocycles. The van der Waals surface area contributed by atoms with Crippen molar-refractivity contribution < 1.29 is 23.9 Å². The minimum Gasteiger partial charge on any atom is -0.455 e. The number of ether oxygens (including phenoxy) is 1. The van der Waals surface area contributed by atoms with Crippen LogP contribution in [0.2, 0.25) is 0 Å². The summed E-state index contributed by atoms with van der Waals surface area (Å²) in [5, 5.41) is 5.42. The van der Waals surface area contributed by atoms with Crippen molar-refractivity contribution in [3.63, 3.8) is 0 Å². The molecule has 10 heteroatoms. The van der Waals surface area contributed by atoms with Crippen LogP contribution in [0.3, 0.4) is 0 Å². The summed E-state index contributed by atoms with van der Waals surface area (Å²) >= 11 is 1.29. The first kappa shape index (κ1) is 41.3. The van der Waals surface area contributed by atoms with Gasteiger partial charge in [0, 0.05) is 50.2 Å². The number of benzene rings is 1. The van der Waals surface area contributed by atoms with Gasteiger partial charge in [-0.1, -0.05) is 84.7 Å². The average molecular weight is 711 g/mol. The van der Waals surface area contributed by atoms with Crippen LogP contribution < -0.4 is 5.32 Å². The van der Waals surface area contributed by atoms with Crippen LogP contribution in [-0.2, 0) is 25.5 Å². The number of likely N-dealkylation sites (tertiary alicyclic amines) is 1. The van der Waals surface area contributed by atoms with Gasteiger partial charge in [0.15, 0.2) is 11.9 Å². The zero-order valence-corrected chi connectivity index (χ0v) is 32.8. The van der Waals surface area contributed by atoms with Gasteiger partial charge in [-0.2, -0.15) is 0 Å². The topological polar surface area (TPSA) is 109 Å². The zero-order chi connectivity index (χ0) is 37.0. The van der Waals surface area contributed by atoms with E-state index in [-0.39, 0.29) is 53.8 Å². The van der Waals surface area contributed by atoms with Crippen molar-refractivity contribution in [1.82, 2.24) is 20.1 Å². The third-order valence-electron chi connectivity index (χ3n) is 9.86. The van der Waals surface area contributed by atoms with Gasteiger partial charge >= 0.3 is 5.97 Å². The van der Waals surface area contributed by atoms with Crippen LogP contribution in [0.15, 0.2) is 35.7 Å². The number of rotatable bonds is 19. The highest BCUT2D eigenvalue weighted by molar-refractivity contribution is 7.09. The van der Waals surface area contributed by atoms with Gasteiger partial charge < -0.3 is 15.0 Å². The number of nitrogens with one attached hydrogen (secondary N) is 1. The highest BCUT2D eigenvalue weighted by Crippen LogP contribution is 2.32. The Morgan fingerprint density at radius 1 is 1.00 bits per heavy atom. The second-order valence-corrected chi connectivity index (χ2v) is 16.4. The summed E-state index contributed by atoms with van der Waals surface area (Å²) in [6, 6.07) is 9.64. The Labute approximate surface area is 304 Å². The Bertz CT molecular complexity index is 1380. The van der Waals surface area contributed by atoms with Gasteiger partial charge in [0.2, 0.25) is 5.91 Å². The lowest BCUT2D eigenvalue weighted by Crippen LogP contribution is -2.47. The van der Waals surface area contributed by atoms with Crippen LogP contribution in [-0.4, -0.2) is 77.1 Å². The molecule has 0 spiro atoms. The maximum atomic E-state index is 14.2. The predicted molar refractivity (Wildman–Crippen MR) is 201 cm³/mol. The number of aromatic nitrogens is 1. The van der Waals surface area contributed by atoms with Gasteiger partial charge in [-0.3, -0.25) is 24.1 Å². The highest BCUT2D eigenvalue weighted by Gasteiger charge is 2.36. The highest BCUT2D eigenvalue weighted by atomic mass is 32.1. The molecule has 1 saturated heterocycles.